The fourth-order valence-corrected chi connectivity index (χ4v) is 2.56. The summed E-state index contributed by atoms with van der Waals surface area (Å²) < 4.78 is 13.0. The van der Waals surface area contributed by atoms with E-state index in [2.05, 4.69) is 20.5 Å². The molecule has 0 saturated heterocycles. The molecule has 0 radical (unpaired) electrons. The number of nitrogens with one attached hydrogen (secondary N) is 2. The number of anilines is 1. The minimum Gasteiger partial charge on any atom is -0.289 e. The second-order valence-electron chi connectivity index (χ2n) is 5.53. The first-order valence-electron chi connectivity index (χ1n) is 7.67. The summed E-state index contributed by atoms with van der Waals surface area (Å²) >= 11 is 0. The second kappa shape index (κ2) is 6.16. The smallest absolute Gasteiger partial charge is 0.258 e. The molecule has 0 aliphatic rings. The van der Waals surface area contributed by atoms with Gasteiger partial charge in [-0.15, -0.1) is 5.10 Å². The van der Waals surface area contributed by atoms with Gasteiger partial charge in [-0.1, -0.05) is 30.3 Å². The van der Waals surface area contributed by atoms with Crippen LogP contribution in [0.3, 0.4) is 0 Å². The Morgan fingerprint density at radius 1 is 0.960 bits per heavy atom. The Bertz CT molecular complexity index is 1060. The lowest BCUT2D eigenvalue weighted by Crippen LogP contribution is -2.12. The fourth-order valence-electron chi connectivity index (χ4n) is 2.56. The summed E-state index contributed by atoms with van der Waals surface area (Å²) in [4.78, 5) is 16.6. The Balaban J connectivity index is 1.55. The zero-order chi connectivity index (χ0) is 17.2. The maximum Gasteiger partial charge on any atom is 0.258 e. The zero-order valence-electron chi connectivity index (χ0n) is 13.0. The Morgan fingerprint density at radius 2 is 1.72 bits per heavy atom. The molecule has 4 aromatic rings. The first-order chi connectivity index (χ1) is 12.2. The summed E-state index contributed by atoms with van der Waals surface area (Å²) in [6.07, 6.45) is 0. The summed E-state index contributed by atoms with van der Waals surface area (Å²) in [7, 11) is 0. The number of carbonyl (C=O) groups is 1. The lowest BCUT2D eigenvalue weighted by Gasteiger charge is -2.03. The van der Waals surface area contributed by atoms with E-state index in [1.54, 1.807) is 18.2 Å². The second-order valence-corrected chi connectivity index (χ2v) is 5.53. The number of rotatable bonds is 3. The van der Waals surface area contributed by atoms with E-state index in [0.29, 0.717) is 17.0 Å². The van der Waals surface area contributed by atoms with Crippen molar-refractivity contribution in [2.75, 3.05) is 5.32 Å². The van der Waals surface area contributed by atoms with Crippen LogP contribution in [-0.2, 0) is 0 Å². The van der Waals surface area contributed by atoms with Crippen molar-refractivity contribution < 1.29 is 9.18 Å². The van der Waals surface area contributed by atoms with Gasteiger partial charge in [0.15, 0.2) is 5.82 Å². The Labute approximate surface area is 142 Å². The Kier molecular flexibility index (Phi) is 3.70. The van der Waals surface area contributed by atoms with Crippen molar-refractivity contribution in [3.8, 4) is 11.4 Å². The van der Waals surface area contributed by atoms with E-state index in [9.17, 15) is 9.18 Å². The van der Waals surface area contributed by atoms with Gasteiger partial charge in [0, 0.05) is 11.1 Å². The number of nitrogens with zero attached hydrogens (tertiary/aromatic N) is 2. The quantitative estimate of drug-likeness (QED) is 0.595. The fraction of sp³-hybridized carbons (Fsp3) is 0. The van der Waals surface area contributed by atoms with Crippen LogP contribution in [0, 0.1) is 5.82 Å². The molecule has 4 rings (SSSR count). The minimum absolute atomic E-state index is 0.164. The van der Waals surface area contributed by atoms with Crippen LogP contribution in [0.2, 0.25) is 0 Å². The van der Waals surface area contributed by atoms with E-state index in [1.807, 2.05) is 36.4 Å². The molecule has 0 spiro atoms. The van der Waals surface area contributed by atoms with Crippen LogP contribution >= 0.6 is 0 Å². The predicted molar refractivity (Wildman–Crippen MR) is 93.7 cm³/mol. The van der Waals surface area contributed by atoms with Crippen LogP contribution in [0.4, 0.5) is 10.3 Å². The van der Waals surface area contributed by atoms with E-state index < -0.39 is 0 Å². The van der Waals surface area contributed by atoms with Gasteiger partial charge in [-0.3, -0.25) is 15.2 Å². The summed E-state index contributed by atoms with van der Waals surface area (Å²) in [5, 5.41) is 11.4. The lowest BCUT2D eigenvalue weighted by molar-refractivity contribution is 0.102. The van der Waals surface area contributed by atoms with Gasteiger partial charge in [0.25, 0.3) is 5.91 Å². The summed E-state index contributed by atoms with van der Waals surface area (Å²) in [6.45, 7) is 0. The summed E-state index contributed by atoms with van der Waals surface area (Å²) in [5.74, 6) is -0.00481. The molecule has 0 aliphatic heterocycles. The highest BCUT2D eigenvalue weighted by Crippen LogP contribution is 2.18. The normalized spacial score (nSPS) is 10.8. The van der Waals surface area contributed by atoms with Gasteiger partial charge in [0.2, 0.25) is 5.95 Å². The van der Waals surface area contributed by atoms with Crippen molar-refractivity contribution in [3.63, 3.8) is 0 Å². The number of aromatic amines is 1. The van der Waals surface area contributed by atoms with Gasteiger partial charge >= 0.3 is 0 Å². The zero-order valence-corrected chi connectivity index (χ0v) is 13.0. The number of aromatic nitrogens is 3. The van der Waals surface area contributed by atoms with Crippen molar-refractivity contribution in [2.45, 2.75) is 0 Å². The van der Waals surface area contributed by atoms with Crippen molar-refractivity contribution in [1.82, 2.24) is 15.2 Å². The number of benzene rings is 3. The van der Waals surface area contributed by atoms with Crippen molar-refractivity contribution >= 4 is 22.6 Å². The molecule has 0 unspecified atom stereocenters. The molecule has 1 aromatic heterocycles. The highest BCUT2D eigenvalue weighted by molar-refractivity contribution is 6.05. The molecule has 0 bridgehead atoms. The maximum absolute atomic E-state index is 13.0. The lowest BCUT2D eigenvalue weighted by atomic mass is 10.1. The van der Waals surface area contributed by atoms with Gasteiger partial charge in [0.05, 0.1) is 0 Å². The highest BCUT2D eigenvalue weighted by atomic mass is 19.1. The van der Waals surface area contributed by atoms with Crippen molar-refractivity contribution in [1.29, 1.82) is 0 Å². The molecule has 1 amide bonds. The molecular formula is C19H13FN4O. The molecule has 0 aliphatic carbocycles. The van der Waals surface area contributed by atoms with E-state index >= 15 is 0 Å². The largest absolute Gasteiger partial charge is 0.289 e. The van der Waals surface area contributed by atoms with Crippen molar-refractivity contribution in [3.05, 3.63) is 78.1 Å². The highest BCUT2D eigenvalue weighted by Gasteiger charge is 2.11. The van der Waals surface area contributed by atoms with Crippen LogP contribution in [-0.4, -0.2) is 21.1 Å². The number of halogens is 1. The third-order valence-electron chi connectivity index (χ3n) is 3.84. The van der Waals surface area contributed by atoms with E-state index in [4.69, 9.17) is 0 Å². The first kappa shape index (κ1) is 15.0. The molecule has 122 valence electrons. The third kappa shape index (κ3) is 3.10. The molecule has 3 aromatic carbocycles. The van der Waals surface area contributed by atoms with E-state index in [0.717, 1.165) is 10.8 Å². The molecule has 6 heteroatoms. The number of amides is 1. The summed E-state index contributed by atoms with van der Waals surface area (Å²) in [5.41, 5.74) is 1.20. The third-order valence-corrected chi connectivity index (χ3v) is 3.84. The molecule has 0 atom stereocenters. The maximum atomic E-state index is 13.0. The van der Waals surface area contributed by atoms with Crippen LogP contribution in [0.15, 0.2) is 66.7 Å². The monoisotopic (exact) mass is 332 g/mol. The predicted octanol–water partition coefficient (Wildman–Crippen LogP) is 4.02. The standard InChI is InChI=1S/C19H13FN4O/c20-16-9-7-13(8-10-16)17-21-19(24-23-17)22-18(25)15-6-5-12-3-1-2-4-14(12)11-15/h1-11H,(H2,21,22,23,24,25). The van der Waals surface area contributed by atoms with Crippen molar-refractivity contribution in [2.24, 2.45) is 0 Å². The number of fused-ring (bicyclic) bond motifs is 1. The van der Waals surface area contributed by atoms with Gasteiger partial charge in [-0.2, -0.15) is 4.98 Å². The molecule has 0 fully saturated rings. The molecular weight excluding hydrogens is 319 g/mol. The SMILES string of the molecule is O=C(Nc1n[nH]c(-c2ccc(F)cc2)n1)c1ccc2ccccc2c1. The molecule has 25 heavy (non-hydrogen) atoms. The van der Waals surface area contributed by atoms with Gasteiger partial charge in [0.1, 0.15) is 5.82 Å². The number of hydrogen-bond acceptors (Lipinski definition) is 3. The average Bonchev–Trinajstić information content (AvgIpc) is 3.10. The minimum atomic E-state index is -0.326. The summed E-state index contributed by atoms with van der Waals surface area (Å²) in [6, 6.07) is 19.1. The van der Waals surface area contributed by atoms with Crippen LogP contribution in [0.1, 0.15) is 10.4 Å². The molecule has 5 nitrogen and oxygen atoms in total. The molecule has 2 N–H and O–H groups in total. The number of carbonyl (C=O) groups excluding carboxylic acids is 1. The molecule has 1 heterocycles. The van der Waals surface area contributed by atoms with Crippen LogP contribution in [0.5, 0.6) is 0 Å². The number of H-pyrrole nitrogens is 1. The van der Waals surface area contributed by atoms with E-state index in [1.165, 1.54) is 12.1 Å². The van der Waals surface area contributed by atoms with Gasteiger partial charge in [-0.05, 0) is 47.2 Å². The Hall–Kier alpha value is -3.54. The van der Waals surface area contributed by atoms with Gasteiger partial charge in [-0.25, -0.2) is 4.39 Å². The van der Waals surface area contributed by atoms with Crippen LogP contribution in [0.25, 0.3) is 22.2 Å². The van der Waals surface area contributed by atoms with E-state index in [-0.39, 0.29) is 17.7 Å². The first-order valence-corrected chi connectivity index (χ1v) is 7.67. The van der Waals surface area contributed by atoms with Crippen LogP contribution < -0.4 is 5.32 Å². The Morgan fingerprint density at radius 3 is 2.52 bits per heavy atom. The topological polar surface area (TPSA) is 70.7 Å². The number of hydrogen-bond donors (Lipinski definition) is 2. The molecule has 0 saturated carbocycles. The van der Waals surface area contributed by atoms with Gasteiger partial charge < -0.3 is 0 Å². The average molecular weight is 332 g/mol.